The lowest BCUT2D eigenvalue weighted by atomic mass is 10.2. The maximum absolute atomic E-state index is 5.32. The molecular formula is C14H23NO3S. The average molecular weight is 285 g/mol. The van der Waals surface area contributed by atoms with E-state index >= 15 is 0 Å². The van der Waals surface area contributed by atoms with Crippen LogP contribution in [0.4, 0.5) is 5.69 Å². The standard InChI is InChI=1S/C14H23NO3S/c1-5-19-8-6-7-15-11-9-12(16-2)14(18-4)13(10-11)17-3/h9-10,15H,5-8H2,1-4H3. The van der Waals surface area contributed by atoms with E-state index in [1.54, 1.807) is 21.3 Å². The van der Waals surface area contributed by atoms with Crippen LogP contribution >= 0.6 is 11.8 Å². The Morgan fingerprint density at radius 3 is 2.16 bits per heavy atom. The maximum Gasteiger partial charge on any atom is 0.203 e. The van der Waals surface area contributed by atoms with Crippen LogP contribution in [0.25, 0.3) is 0 Å². The summed E-state index contributed by atoms with van der Waals surface area (Å²) < 4.78 is 15.9. The molecular weight excluding hydrogens is 262 g/mol. The summed E-state index contributed by atoms with van der Waals surface area (Å²) in [6, 6.07) is 3.85. The highest BCUT2D eigenvalue weighted by molar-refractivity contribution is 7.99. The van der Waals surface area contributed by atoms with E-state index < -0.39 is 0 Å². The van der Waals surface area contributed by atoms with Crippen LogP contribution in [0.2, 0.25) is 0 Å². The molecule has 0 aliphatic rings. The SMILES string of the molecule is CCSCCCNc1cc(OC)c(OC)c(OC)c1. The molecule has 1 N–H and O–H groups in total. The highest BCUT2D eigenvalue weighted by Crippen LogP contribution is 2.39. The molecule has 1 rings (SSSR count). The smallest absolute Gasteiger partial charge is 0.203 e. The third-order valence-electron chi connectivity index (χ3n) is 2.66. The molecule has 0 spiro atoms. The number of ether oxygens (including phenoxy) is 3. The lowest BCUT2D eigenvalue weighted by Gasteiger charge is -2.15. The topological polar surface area (TPSA) is 39.7 Å². The Morgan fingerprint density at radius 2 is 1.68 bits per heavy atom. The number of benzene rings is 1. The molecule has 0 radical (unpaired) electrons. The molecule has 19 heavy (non-hydrogen) atoms. The van der Waals surface area contributed by atoms with Crippen LogP contribution in [0.15, 0.2) is 12.1 Å². The minimum atomic E-state index is 0.622. The molecule has 0 fully saturated rings. The normalized spacial score (nSPS) is 10.1. The van der Waals surface area contributed by atoms with Gasteiger partial charge in [-0.2, -0.15) is 11.8 Å². The zero-order valence-electron chi connectivity index (χ0n) is 12.1. The fourth-order valence-electron chi connectivity index (χ4n) is 1.73. The van der Waals surface area contributed by atoms with Crippen LogP contribution in [0, 0.1) is 0 Å². The molecule has 5 heteroatoms. The first kappa shape index (κ1) is 15.8. The second-order valence-electron chi connectivity index (χ2n) is 3.89. The van der Waals surface area contributed by atoms with E-state index in [-0.39, 0.29) is 0 Å². The quantitative estimate of drug-likeness (QED) is 0.705. The van der Waals surface area contributed by atoms with E-state index in [0.717, 1.165) is 18.7 Å². The zero-order chi connectivity index (χ0) is 14.1. The first-order valence-electron chi connectivity index (χ1n) is 6.38. The minimum Gasteiger partial charge on any atom is -0.493 e. The van der Waals surface area contributed by atoms with E-state index in [9.17, 15) is 0 Å². The molecule has 0 saturated heterocycles. The van der Waals surface area contributed by atoms with Gasteiger partial charge in [0.25, 0.3) is 0 Å². The minimum absolute atomic E-state index is 0.622. The van der Waals surface area contributed by atoms with Crippen LogP contribution in [0.1, 0.15) is 13.3 Å². The van der Waals surface area contributed by atoms with Gasteiger partial charge < -0.3 is 19.5 Å². The Hall–Kier alpha value is -1.23. The third kappa shape index (κ3) is 4.74. The first-order valence-corrected chi connectivity index (χ1v) is 7.53. The number of methoxy groups -OCH3 is 3. The first-order chi connectivity index (χ1) is 9.26. The van der Waals surface area contributed by atoms with Gasteiger partial charge in [0, 0.05) is 24.4 Å². The summed E-state index contributed by atoms with van der Waals surface area (Å²) in [4.78, 5) is 0. The molecule has 108 valence electrons. The van der Waals surface area contributed by atoms with Crippen LogP contribution in [0.3, 0.4) is 0 Å². The number of nitrogens with one attached hydrogen (secondary N) is 1. The lowest BCUT2D eigenvalue weighted by Crippen LogP contribution is -2.04. The monoisotopic (exact) mass is 285 g/mol. The van der Waals surface area contributed by atoms with Crippen molar-refractivity contribution in [3.8, 4) is 17.2 Å². The van der Waals surface area contributed by atoms with Gasteiger partial charge in [0.15, 0.2) is 11.5 Å². The van der Waals surface area contributed by atoms with Gasteiger partial charge in [-0.3, -0.25) is 0 Å². The van der Waals surface area contributed by atoms with Gasteiger partial charge in [0.1, 0.15) is 0 Å². The molecule has 0 saturated carbocycles. The summed E-state index contributed by atoms with van der Waals surface area (Å²) in [6.45, 7) is 3.11. The zero-order valence-corrected chi connectivity index (χ0v) is 12.9. The molecule has 1 aromatic rings. The summed E-state index contributed by atoms with van der Waals surface area (Å²) in [5.41, 5.74) is 0.982. The fourth-order valence-corrected chi connectivity index (χ4v) is 2.37. The predicted molar refractivity (Wildman–Crippen MR) is 82.2 cm³/mol. The second kappa shape index (κ2) is 8.80. The van der Waals surface area contributed by atoms with E-state index in [2.05, 4.69) is 12.2 Å². The van der Waals surface area contributed by atoms with E-state index in [0.29, 0.717) is 17.2 Å². The van der Waals surface area contributed by atoms with Gasteiger partial charge >= 0.3 is 0 Å². The number of hydrogen-bond donors (Lipinski definition) is 1. The molecule has 0 unspecified atom stereocenters. The molecule has 0 atom stereocenters. The lowest BCUT2D eigenvalue weighted by molar-refractivity contribution is 0.324. The van der Waals surface area contributed by atoms with Crippen molar-refractivity contribution >= 4 is 17.4 Å². The molecule has 0 aliphatic carbocycles. The number of rotatable bonds is 9. The number of thioether (sulfide) groups is 1. The number of hydrogen-bond acceptors (Lipinski definition) is 5. The van der Waals surface area contributed by atoms with E-state index in [1.165, 1.54) is 11.5 Å². The van der Waals surface area contributed by atoms with Crippen molar-refractivity contribution < 1.29 is 14.2 Å². The van der Waals surface area contributed by atoms with Gasteiger partial charge in [0.05, 0.1) is 21.3 Å². The van der Waals surface area contributed by atoms with Crippen LogP contribution in [0.5, 0.6) is 17.2 Å². The molecule has 0 bridgehead atoms. The van der Waals surface area contributed by atoms with Crippen molar-refractivity contribution in [1.82, 2.24) is 0 Å². The molecule has 0 heterocycles. The van der Waals surface area contributed by atoms with Gasteiger partial charge in [-0.25, -0.2) is 0 Å². The van der Waals surface area contributed by atoms with Gasteiger partial charge in [-0.05, 0) is 17.9 Å². The second-order valence-corrected chi connectivity index (χ2v) is 5.29. The summed E-state index contributed by atoms with van der Waals surface area (Å²) in [7, 11) is 4.85. The Morgan fingerprint density at radius 1 is 1.05 bits per heavy atom. The fraction of sp³-hybridized carbons (Fsp3) is 0.571. The Labute approximate surface area is 119 Å². The van der Waals surface area contributed by atoms with Crippen molar-refractivity contribution in [3.63, 3.8) is 0 Å². The van der Waals surface area contributed by atoms with Crippen molar-refractivity contribution in [1.29, 1.82) is 0 Å². The predicted octanol–water partition coefficient (Wildman–Crippen LogP) is 3.27. The van der Waals surface area contributed by atoms with E-state index in [4.69, 9.17) is 14.2 Å². The third-order valence-corrected chi connectivity index (χ3v) is 3.65. The number of anilines is 1. The summed E-state index contributed by atoms with van der Waals surface area (Å²) in [6.07, 6.45) is 1.13. The average Bonchev–Trinajstić information content (AvgIpc) is 2.45. The highest BCUT2D eigenvalue weighted by Gasteiger charge is 2.12. The van der Waals surface area contributed by atoms with Gasteiger partial charge in [0.2, 0.25) is 5.75 Å². The van der Waals surface area contributed by atoms with Gasteiger partial charge in [-0.15, -0.1) is 0 Å². The molecule has 0 aromatic heterocycles. The Bertz CT molecular complexity index is 360. The van der Waals surface area contributed by atoms with Crippen LogP contribution in [-0.4, -0.2) is 39.4 Å². The van der Waals surface area contributed by atoms with Gasteiger partial charge in [-0.1, -0.05) is 6.92 Å². The molecule has 4 nitrogen and oxygen atoms in total. The molecule has 1 aromatic carbocycles. The summed E-state index contributed by atoms with van der Waals surface area (Å²) in [5.74, 6) is 4.31. The highest BCUT2D eigenvalue weighted by atomic mass is 32.2. The van der Waals surface area contributed by atoms with Crippen molar-refractivity contribution in [3.05, 3.63) is 12.1 Å². The van der Waals surface area contributed by atoms with Crippen molar-refractivity contribution in [2.75, 3.05) is 44.7 Å². The van der Waals surface area contributed by atoms with Crippen LogP contribution < -0.4 is 19.5 Å². The Balaban J connectivity index is 2.68. The van der Waals surface area contributed by atoms with E-state index in [1.807, 2.05) is 23.9 Å². The maximum atomic E-state index is 5.32. The summed E-state index contributed by atoms with van der Waals surface area (Å²) >= 11 is 1.96. The van der Waals surface area contributed by atoms with Crippen molar-refractivity contribution in [2.24, 2.45) is 0 Å². The molecule has 0 amide bonds. The van der Waals surface area contributed by atoms with Crippen LogP contribution in [-0.2, 0) is 0 Å². The van der Waals surface area contributed by atoms with Crippen molar-refractivity contribution in [2.45, 2.75) is 13.3 Å². The largest absolute Gasteiger partial charge is 0.493 e. The molecule has 0 aliphatic heterocycles. The summed E-state index contributed by atoms with van der Waals surface area (Å²) in [5, 5.41) is 3.38. The Kier molecular flexibility index (Phi) is 7.33.